The Hall–Kier alpha value is -1.66. The molecule has 0 spiro atoms. The highest BCUT2D eigenvalue weighted by molar-refractivity contribution is 5.76. The number of carbonyl (C=O) groups is 2. The zero-order valence-corrected chi connectivity index (χ0v) is 41.6. The van der Waals surface area contributed by atoms with Gasteiger partial charge in [-0.1, -0.05) is 231 Å². The number of carbonyl (C=O) groups excluding carboxylic acids is 2. The van der Waals surface area contributed by atoms with Crippen molar-refractivity contribution in [1.82, 2.24) is 5.32 Å². The molecule has 0 heterocycles. The Morgan fingerprint density at radius 3 is 1.15 bits per heavy atom. The number of allylic oxidation sites excluding steroid dienone is 4. The molecule has 3 N–H and O–H groups in total. The monoisotopic (exact) mass is 874 g/mol. The summed E-state index contributed by atoms with van der Waals surface area (Å²) in [7, 11) is 0. The number of ether oxygens (including phenoxy) is 1. The maximum Gasteiger partial charge on any atom is 0.305 e. The van der Waals surface area contributed by atoms with E-state index in [1.165, 1.54) is 205 Å². The summed E-state index contributed by atoms with van der Waals surface area (Å²) in [5.74, 6) is -0.0520. The predicted octanol–water partition coefficient (Wildman–Crippen LogP) is 16.7. The molecule has 0 rings (SSSR count). The molecule has 366 valence electrons. The average molecular weight is 874 g/mol. The van der Waals surface area contributed by atoms with E-state index in [0.717, 1.165) is 57.8 Å². The maximum atomic E-state index is 12.4. The molecule has 0 aromatic heterocycles. The molecule has 0 saturated carbocycles. The molecule has 0 aromatic rings. The number of rotatable bonds is 51. The molecule has 0 radical (unpaired) electrons. The minimum Gasteiger partial charge on any atom is -0.466 e. The lowest BCUT2D eigenvalue weighted by Crippen LogP contribution is -2.45. The summed E-state index contributed by atoms with van der Waals surface area (Å²) >= 11 is 0. The third-order valence-electron chi connectivity index (χ3n) is 12.7. The Labute approximate surface area is 386 Å². The second-order valence-electron chi connectivity index (χ2n) is 18.9. The highest BCUT2D eigenvalue weighted by atomic mass is 16.5. The fourth-order valence-electron chi connectivity index (χ4n) is 8.45. The molecular formula is C56H107NO5. The van der Waals surface area contributed by atoms with Gasteiger partial charge in [0.2, 0.25) is 5.91 Å². The highest BCUT2D eigenvalue weighted by Gasteiger charge is 2.20. The van der Waals surface area contributed by atoms with Crippen molar-refractivity contribution in [3.63, 3.8) is 0 Å². The van der Waals surface area contributed by atoms with E-state index in [0.29, 0.717) is 25.9 Å². The summed E-state index contributed by atoms with van der Waals surface area (Å²) in [4.78, 5) is 24.5. The van der Waals surface area contributed by atoms with Crippen LogP contribution in [-0.4, -0.2) is 47.4 Å². The molecule has 6 nitrogen and oxygen atoms in total. The predicted molar refractivity (Wildman–Crippen MR) is 269 cm³/mol. The van der Waals surface area contributed by atoms with Crippen LogP contribution in [0.25, 0.3) is 0 Å². The van der Waals surface area contributed by atoms with Gasteiger partial charge in [-0.2, -0.15) is 0 Å². The smallest absolute Gasteiger partial charge is 0.305 e. The summed E-state index contributed by atoms with van der Waals surface area (Å²) in [6.07, 6.45) is 61.7. The Balaban J connectivity index is 3.41. The lowest BCUT2D eigenvalue weighted by molar-refractivity contribution is -0.143. The molecule has 0 aromatic carbocycles. The van der Waals surface area contributed by atoms with E-state index in [1.54, 1.807) is 0 Å². The Morgan fingerprint density at radius 2 is 0.758 bits per heavy atom. The number of amides is 1. The molecule has 0 aliphatic rings. The zero-order valence-electron chi connectivity index (χ0n) is 41.6. The summed E-state index contributed by atoms with van der Waals surface area (Å²) in [6.45, 7) is 4.91. The number of aliphatic hydroxyl groups excluding tert-OH is 2. The van der Waals surface area contributed by atoms with Gasteiger partial charge in [0.25, 0.3) is 0 Å². The Kier molecular flexibility index (Phi) is 50.6. The normalized spacial score (nSPS) is 12.8. The SMILES string of the molecule is CCCCCCCCC/C=C\CCCCCCCCCC(=O)OCCCCCCCCCCC/C=C\CCCCCCCC(=O)NC(CO)C(O)CCCCCCCCCCC. The van der Waals surface area contributed by atoms with Crippen molar-refractivity contribution in [2.24, 2.45) is 0 Å². The lowest BCUT2D eigenvalue weighted by atomic mass is 10.0. The van der Waals surface area contributed by atoms with Crippen molar-refractivity contribution in [2.45, 2.75) is 309 Å². The quantitative estimate of drug-likeness (QED) is 0.0321. The number of aliphatic hydroxyl groups is 2. The maximum absolute atomic E-state index is 12.4. The van der Waals surface area contributed by atoms with E-state index in [2.05, 4.69) is 43.5 Å². The van der Waals surface area contributed by atoms with Gasteiger partial charge in [-0.15, -0.1) is 0 Å². The van der Waals surface area contributed by atoms with Crippen LogP contribution in [0.2, 0.25) is 0 Å². The lowest BCUT2D eigenvalue weighted by Gasteiger charge is -2.22. The Morgan fingerprint density at radius 1 is 0.435 bits per heavy atom. The highest BCUT2D eigenvalue weighted by Crippen LogP contribution is 2.16. The first-order valence-electron chi connectivity index (χ1n) is 27.6. The largest absolute Gasteiger partial charge is 0.466 e. The first kappa shape index (κ1) is 60.3. The number of hydrogen-bond acceptors (Lipinski definition) is 5. The third-order valence-corrected chi connectivity index (χ3v) is 12.7. The molecule has 62 heavy (non-hydrogen) atoms. The first-order valence-corrected chi connectivity index (χ1v) is 27.6. The minimum atomic E-state index is -0.670. The van der Waals surface area contributed by atoms with Crippen LogP contribution >= 0.6 is 0 Å². The molecule has 2 unspecified atom stereocenters. The van der Waals surface area contributed by atoms with E-state index >= 15 is 0 Å². The molecule has 6 heteroatoms. The minimum absolute atomic E-state index is 0.000199. The summed E-state index contributed by atoms with van der Waals surface area (Å²) in [6, 6.07) is -0.549. The van der Waals surface area contributed by atoms with Crippen molar-refractivity contribution >= 4 is 11.9 Å². The topological polar surface area (TPSA) is 95.9 Å². The van der Waals surface area contributed by atoms with Crippen molar-refractivity contribution < 1.29 is 24.5 Å². The summed E-state index contributed by atoms with van der Waals surface area (Å²) in [5.41, 5.74) is 0. The molecule has 0 fully saturated rings. The van der Waals surface area contributed by atoms with Crippen molar-refractivity contribution in [1.29, 1.82) is 0 Å². The van der Waals surface area contributed by atoms with E-state index in [4.69, 9.17) is 4.74 Å². The van der Waals surface area contributed by atoms with Gasteiger partial charge >= 0.3 is 5.97 Å². The Bertz CT molecular complexity index is 966. The third kappa shape index (κ3) is 47.8. The van der Waals surface area contributed by atoms with Crippen molar-refractivity contribution in [2.75, 3.05) is 13.2 Å². The van der Waals surface area contributed by atoms with E-state index in [1.807, 2.05) is 0 Å². The molecular weight excluding hydrogens is 767 g/mol. The van der Waals surface area contributed by atoms with Crippen LogP contribution in [0.5, 0.6) is 0 Å². The van der Waals surface area contributed by atoms with Gasteiger partial charge < -0.3 is 20.3 Å². The summed E-state index contributed by atoms with van der Waals surface area (Å²) < 4.78 is 5.48. The van der Waals surface area contributed by atoms with E-state index in [-0.39, 0.29) is 18.5 Å². The molecule has 2 atom stereocenters. The molecule has 0 bridgehead atoms. The van der Waals surface area contributed by atoms with Crippen LogP contribution in [0.3, 0.4) is 0 Å². The van der Waals surface area contributed by atoms with Gasteiger partial charge in [-0.3, -0.25) is 9.59 Å². The van der Waals surface area contributed by atoms with Crippen molar-refractivity contribution in [3.05, 3.63) is 24.3 Å². The fourth-order valence-corrected chi connectivity index (χ4v) is 8.45. The van der Waals surface area contributed by atoms with Gasteiger partial charge in [0.1, 0.15) is 0 Å². The fraction of sp³-hybridized carbons (Fsp3) is 0.893. The van der Waals surface area contributed by atoms with E-state index < -0.39 is 12.1 Å². The van der Waals surface area contributed by atoms with Gasteiger partial charge in [0.15, 0.2) is 0 Å². The molecule has 1 amide bonds. The van der Waals surface area contributed by atoms with Crippen molar-refractivity contribution in [3.8, 4) is 0 Å². The van der Waals surface area contributed by atoms with Gasteiger partial charge in [-0.05, 0) is 77.0 Å². The van der Waals surface area contributed by atoms with Crippen LogP contribution in [-0.2, 0) is 14.3 Å². The van der Waals surface area contributed by atoms with E-state index in [9.17, 15) is 19.8 Å². The molecule has 0 aliphatic heterocycles. The standard InChI is InChI=1S/C56H107NO5/c1-3-5-7-9-11-13-14-15-16-17-21-24-27-30-34-38-42-46-50-56(61)62-51-47-43-39-35-31-28-25-22-19-18-20-23-26-29-33-37-41-45-49-55(60)57-53(52-58)54(59)48-44-40-36-32-12-10-8-6-4-2/h16-17,20,23,53-54,58-59H,3-15,18-19,21-22,24-52H2,1-2H3,(H,57,60)/b17-16-,23-20-. The van der Waals surface area contributed by atoms with Crippen LogP contribution in [0.4, 0.5) is 0 Å². The van der Waals surface area contributed by atoms with Crippen LogP contribution in [0.15, 0.2) is 24.3 Å². The number of esters is 1. The van der Waals surface area contributed by atoms with Crippen LogP contribution in [0.1, 0.15) is 296 Å². The van der Waals surface area contributed by atoms with Gasteiger partial charge in [0.05, 0.1) is 25.4 Å². The molecule has 0 saturated heterocycles. The number of hydrogen-bond donors (Lipinski definition) is 3. The number of unbranched alkanes of at least 4 members (excludes halogenated alkanes) is 36. The first-order chi connectivity index (χ1) is 30.5. The van der Waals surface area contributed by atoms with Crippen LogP contribution < -0.4 is 5.32 Å². The van der Waals surface area contributed by atoms with Gasteiger partial charge in [0, 0.05) is 12.8 Å². The molecule has 0 aliphatic carbocycles. The number of nitrogens with one attached hydrogen (secondary N) is 1. The second kappa shape index (κ2) is 52.0. The van der Waals surface area contributed by atoms with Gasteiger partial charge in [-0.25, -0.2) is 0 Å². The average Bonchev–Trinajstić information content (AvgIpc) is 3.27. The van der Waals surface area contributed by atoms with Crippen LogP contribution in [0, 0.1) is 0 Å². The second-order valence-corrected chi connectivity index (χ2v) is 18.9. The summed E-state index contributed by atoms with van der Waals surface area (Å²) in [5, 5.41) is 23.1. The zero-order chi connectivity index (χ0) is 45.1.